The van der Waals surface area contributed by atoms with Crippen LogP contribution in [0.15, 0.2) is 71.7 Å². The summed E-state index contributed by atoms with van der Waals surface area (Å²) in [5, 5.41) is 7.55. The number of fused-ring (bicyclic) bond motifs is 1. The van der Waals surface area contributed by atoms with Crippen LogP contribution in [0.2, 0.25) is 0 Å². The van der Waals surface area contributed by atoms with Crippen molar-refractivity contribution in [3.05, 3.63) is 93.9 Å². The first-order valence-electron chi connectivity index (χ1n) is 12.6. The Morgan fingerprint density at radius 3 is 2.66 bits per heavy atom. The number of nitrogens with one attached hydrogen (secondary N) is 1. The molecule has 1 fully saturated rings. The molecular formula is C28H33N5O2. The molecule has 1 N–H and O–H groups in total. The van der Waals surface area contributed by atoms with E-state index in [1.165, 1.54) is 15.8 Å². The number of benzene rings is 2. The Bertz CT molecular complexity index is 1210. The zero-order valence-corrected chi connectivity index (χ0v) is 20.1. The van der Waals surface area contributed by atoms with Crippen LogP contribution in [-0.4, -0.2) is 53.3 Å². The highest BCUT2D eigenvalue weighted by molar-refractivity contribution is 5.79. The lowest BCUT2D eigenvalue weighted by molar-refractivity contribution is -0.125. The molecule has 1 atom stereocenters. The Kier molecular flexibility index (Phi) is 7.23. The quantitative estimate of drug-likeness (QED) is 0.574. The fraction of sp³-hybridized carbons (Fsp3) is 0.393. The summed E-state index contributed by atoms with van der Waals surface area (Å²) in [7, 11) is 0. The Morgan fingerprint density at radius 1 is 1.03 bits per heavy atom. The van der Waals surface area contributed by atoms with E-state index in [0.29, 0.717) is 19.6 Å². The van der Waals surface area contributed by atoms with Crippen molar-refractivity contribution in [2.24, 2.45) is 5.92 Å². The molecule has 3 heterocycles. The lowest BCUT2D eigenvalue weighted by Crippen LogP contribution is -2.45. The van der Waals surface area contributed by atoms with Gasteiger partial charge in [0, 0.05) is 45.3 Å². The highest BCUT2D eigenvalue weighted by Gasteiger charge is 2.26. The number of nitrogens with zero attached hydrogens (tertiary/aromatic N) is 4. The second kappa shape index (κ2) is 10.9. The molecule has 2 aliphatic heterocycles. The van der Waals surface area contributed by atoms with Crippen molar-refractivity contribution in [3.63, 3.8) is 0 Å². The minimum absolute atomic E-state index is 0.0717. The van der Waals surface area contributed by atoms with Crippen LogP contribution >= 0.6 is 0 Å². The maximum absolute atomic E-state index is 12.9. The molecule has 7 nitrogen and oxygen atoms in total. The minimum Gasteiger partial charge on any atom is -0.369 e. The van der Waals surface area contributed by atoms with Gasteiger partial charge in [-0.25, -0.2) is 4.68 Å². The molecule has 0 spiro atoms. The predicted molar refractivity (Wildman–Crippen MR) is 137 cm³/mol. The van der Waals surface area contributed by atoms with Gasteiger partial charge in [0.15, 0.2) is 0 Å². The summed E-state index contributed by atoms with van der Waals surface area (Å²) in [6, 6.07) is 20.1. The summed E-state index contributed by atoms with van der Waals surface area (Å²) in [6.07, 6.45) is 4.62. The number of anilines is 1. The zero-order valence-electron chi connectivity index (χ0n) is 20.1. The van der Waals surface area contributed by atoms with Gasteiger partial charge in [0.05, 0.1) is 24.3 Å². The van der Waals surface area contributed by atoms with Gasteiger partial charge < -0.3 is 10.2 Å². The Morgan fingerprint density at radius 2 is 1.83 bits per heavy atom. The average molecular weight is 472 g/mol. The lowest BCUT2D eigenvalue weighted by atomic mass is 9.96. The van der Waals surface area contributed by atoms with Crippen molar-refractivity contribution in [2.75, 3.05) is 37.6 Å². The second-order valence-corrected chi connectivity index (χ2v) is 9.57. The Hall–Kier alpha value is -3.45. The van der Waals surface area contributed by atoms with Crippen molar-refractivity contribution in [1.29, 1.82) is 0 Å². The van der Waals surface area contributed by atoms with Gasteiger partial charge in [-0.2, -0.15) is 5.10 Å². The van der Waals surface area contributed by atoms with Gasteiger partial charge >= 0.3 is 0 Å². The van der Waals surface area contributed by atoms with E-state index in [2.05, 4.69) is 44.5 Å². The number of aromatic nitrogens is 2. The number of piperidine rings is 1. The molecule has 1 aromatic heterocycles. The highest BCUT2D eigenvalue weighted by atomic mass is 16.2. The monoisotopic (exact) mass is 471 g/mol. The molecule has 182 valence electrons. The molecule has 0 unspecified atom stereocenters. The van der Waals surface area contributed by atoms with Crippen molar-refractivity contribution in [1.82, 2.24) is 20.0 Å². The number of amides is 1. The van der Waals surface area contributed by atoms with E-state index in [1.54, 1.807) is 12.3 Å². The fourth-order valence-corrected chi connectivity index (χ4v) is 5.12. The minimum atomic E-state index is -0.124. The summed E-state index contributed by atoms with van der Waals surface area (Å²) < 4.78 is 1.48. The number of rotatable bonds is 7. The van der Waals surface area contributed by atoms with Crippen molar-refractivity contribution >= 4 is 11.6 Å². The number of carbonyl (C=O) groups excluding carboxylic acids is 1. The van der Waals surface area contributed by atoms with Crippen molar-refractivity contribution in [3.8, 4) is 0 Å². The highest BCUT2D eigenvalue weighted by Crippen LogP contribution is 2.22. The van der Waals surface area contributed by atoms with Crippen LogP contribution in [0.4, 0.5) is 5.69 Å². The Balaban J connectivity index is 1.12. The lowest BCUT2D eigenvalue weighted by Gasteiger charge is -2.33. The van der Waals surface area contributed by atoms with Crippen LogP contribution in [-0.2, 0) is 24.3 Å². The fourth-order valence-electron chi connectivity index (χ4n) is 5.12. The van der Waals surface area contributed by atoms with Gasteiger partial charge in [-0.3, -0.25) is 14.5 Å². The van der Waals surface area contributed by atoms with Crippen LogP contribution in [0, 0.1) is 5.92 Å². The number of hydrogen-bond acceptors (Lipinski definition) is 5. The standard InChI is InChI=1S/C28H33N5O2/c34-27-17-26(18-30-33(27)19-22-7-2-1-3-8-22)32-14-6-11-25(21-32)28(35)29-13-16-31-15-12-23-9-4-5-10-24(23)20-31/h1-5,7-10,17-18,25H,6,11-16,19-21H2,(H,29,35)/t25-/m0/s1. The van der Waals surface area contributed by atoms with Crippen LogP contribution in [0.5, 0.6) is 0 Å². The van der Waals surface area contributed by atoms with Crippen LogP contribution in [0.1, 0.15) is 29.5 Å². The molecule has 0 bridgehead atoms. The normalized spacial score (nSPS) is 18.2. The maximum atomic E-state index is 12.9. The molecule has 0 saturated carbocycles. The first-order valence-corrected chi connectivity index (χ1v) is 12.6. The first kappa shape index (κ1) is 23.3. The molecule has 0 aliphatic carbocycles. The van der Waals surface area contributed by atoms with E-state index in [-0.39, 0.29) is 17.4 Å². The molecule has 7 heteroatoms. The average Bonchev–Trinajstić information content (AvgIpc) is 2.90. The molecule has 0 radical (unpaired) electrons. The van der Waals surface area contributed by atoms with E-state index in [9.17, 15) is 9.59 Å². The summed E-state index contributed by atoms with van der Waals surface area (Å²) >= 11 is 0. The van der Waals surface area contributed by atoms with E-state index >= 15 is 0 Å². The number of carbonyl (C=O) groups is 1. The summed E-state index contributed by atoms with van der Waals surface area (Å²) in [5.41, 5.74) is 4.55. The van der Waals surface area contributed by atoms with E-state index in [1.807, 2.05) is 30.3 Å². The topological polar surface area (TPSA) is 70.5 Å². The van der Waals surface area contributed by atoms with Crippen LogP contribution < -0.4 is 15.8 Å². The van der Waals surface area contributed by atoms with Crippen LogP contribution in [0.3, 0.4) is 0 Å². The molecule has 2 aliphatic rings. The molecule has 3 aromatic rings. The van der Waals surface area contributed by atoms with Crippen molar-refractivity contribution in [2.45, 2.75) is 32.4 Å². The van der Waals surface area contributed by atoms with Crippen molar-refractivity contribution < 1.29 is 4.79 Å². The number of hydrogen-bond donors (Lipinski definition) is 1. The van der Waals surface area contributed by atoms with Gasteiger partial charge in [0.25, 0.3) is 5.56 Å². The van der Waals surface area contributed by atoms with Gasteiger partial charge in [-0.1, -0.05) is 54.6 Å². The van der Waals surface area contributed by atoms with Gasteiger partial charge in [0.1, 0.15) is 0 Å². The third-order valence-electron chi connectivity index (χ3n) is 7.12. The molecule has 2 aromatic carbocycles. The van der Waals surface area contributed by atoms with Gasteiger partial charge in [0.2, 0.25) is 5.91 Å². The summed E-state index contributed by atoms with van der Waals surface area (Å²) in [5.74, 6) is 0.0371. The molecule has 35 heavy (non-hydrogen) atoms. The van der Waals surface area contributed by atoms with E-state index in [0.717, 1.165) is 56.7 Å². The second-order valence-electron chi connectivity index (χ2n) is 9.57. The van der Waals surface area contributed by atoms with E-state index in [4.69, 9.17) is 0 Å². The maximum Gasteiger partial charge on any atom is 0.269 e. The smallest absolute Gasteiger partial charge is 0.269 e. The Labute approximate surface area is 206 Å². The van der Waals surface area contributed by atoms with Crippen LogP contribution in [0.25, 0.3) is 0 Å². The van der Waals surface area contributed by atoms with Gasteiger partial charge in [-0.05, 0) is 36.0 Å². The molecule has 1 saturated heterocycles. The summed E-state index contributed by atoms with van der Waals surface area (Å²) in [6.45, 7) is 5.41. The first-order chi connectivity index (χ1) is 17.2. The third kappa shape index (κ3) is 5.80. The summed E-state index contributed by atoms with van der Waals surface area (Å²) in [4.78, 5) is 30.1. The SMILES string of the molecule is O=C(NCCN1CCc2ccccc2C1)[C@H]1CCCN(c2cnn(Cc3ccccc3)c(=O)c2)C1. The third-order valence-corrected chi connectivity index (χ3v) is 7.12. The van der Waals surface area contributed by atoms with Gasteiger partial charge in [-0.15, -0.1) is 0 Å². The molecule has 1 amide bonds. The molecular weight excluding hydrogens is 438 g/mol. The van der Waals surface area contributed by atoms with E-state index < -0.39 is 0 Å². The largest absolute Gasteiger partial charge is 0.369 e. The molecule has 5 rings (SSSR count). The predicted octanol–water partition coefficient (Wildman–Crippen LogP) is 2.68. The zero-order chi connectivity index (χ0) is 24.0.